The van der Waals surface area contributed by atoms with Crippen LogP contribution in [0.5, 0.6) is 0 Å². The molecule has 0 bridgehead atoms. The fourth-order valence-electron chi connectivity index (χ4n) is 3.85. The van der Waals surface area contributed by atoms with Crippen LogP contribution < -0.4 is 4.72 Å². The zero-order valence-electron chi connectivity index (χ0n) is 17.1. The Balaban J connectivity index is 1.69. The molecule has 2 aromatic heterocycles. The van der Waals surface area contributed by atoms with Gasteiger partial charge in [-0.1, -0.05) is 25.5 Å². The Bertz CT molecular complexity index is 1300. The van der Waals surface area contributed by atoms with Gasteiger partial charge < -0.3 is 0 Å². The summed E-state index contributed by atoms with van der Waals surface area (Å²) in [5.74, 6) is -0.766. The van der Waals surface area contributed by atoms with Crippen molar-refractivity contribution >= 4 is 26.8 Å². The molecule has 1 aliphatic carbocycles. The van der Waals surface area contributed by atoms with Crippen LogP contribution in [0.4, 0.5) is 13.2 Å². The van der Waals surface area contributed by atoms with Crippen molar-refractivity contribution in [3.63, 3.8) is 0 Å². The zero-order valence-corrected chi connectivity index (χ0v) is 17.9. The number of aromatic nitrogens is 2. The van der Waals surface area contributed by atoms with Crippen molar-refractivity contribution in [2.45, 2.75) is 49.1 Å². The van der Waals surface area contributed by atoms with Gasteiger partial charge in [0.2, 0.25) is 5.91 Å². The Hall–Kier alpha value is -3.01. The van der Waals surface area contributed by atoms with Crippen molar-refractivity contribution in [3.05, 3.63) is 65.6 Å². The van der Waals surface area contributed by atoms with E-state index in [4.69, 9.17) is 0 Å². The topological polar surface area (TPSA) is 89.0 Å². The third kappa shape index (κ3) is 3.94. The smallest absolute Gasteiger partial charge is 0.273 e. The average Bonchev–Trinajstić information content (AvgIpc) is 3.54. The van der Waals surface area contributed by atoms with E-state index >= 15 is 0 Å². The molecule has 0 aliphatic heterocycles. The van der Waals surface area contributed by atoms with Gasteiger partial charge in [-0.15, -0.1) is 0 Å². The highest BCUT2D eigenvalue weighted by atomic mass is 32.2. The van der Waals surface area contributed by atoms with Crippen LogP contribution in [0.2, 0.25) is 0 Å². The van der Waals surface area contributed by atoms with Crippen LogP contribution in [-0.4, -0.2) is 24.3 Å². The van der Waals surface area contributed by atoms with E-state index in [1.807, 2.05) is 0 Å². The monoisotopic (exact) mass is 463 g/mol. The highest BCUT2D eigenvalue weighted by Gasteiger charge is 2.54. The molecule has 10 heteroatoms. The SMILES string of the molecule is CCCc1nc(C(F)(F)F)ccc1C1(C(=O)NS(=O)(=O)c2cccc3ncccc23)CC1. The molecule has 1 fully saturated rings. The quantitative estimate of drug-likeness (QED) is 0.594. The summed E-state index contributed by atoms with van der Waals surface area (Å²) in [6, 6.07) is 9.84. The minimum atomic E-state index is -4.61. The number of fused-ring (bicyclic) bond motifs is 1. The normalized spacial score (nSPS) is 15.5. The molecule has 6 nitrogen and oxygen atoms in total. The van der Waals surface area contributed by atoms with Crippen LogP contribution in [-0.2, 0) is 32.8 Å². The van der Waals surface area contributed by atoms with Crippen molar-refractivity contribution in [1.29, 1.82) is 0 Å². The van der Waals surface area contributed by atoms with Gasteiger partial charge in [0.05, 0.1) is 15.8 Å². The Labute approximate surface area is 182 Å². The second-order valence-corrected chi connectivity index (χ2v) is 9.43. The number of hydrogen-bond donors (Lipinski definition) is 1. The van der Waals surface area contributed by atoms with Crippen molar-refractivity contribution in [2.75, 3.05) is 0 Å². The molecule has 168 valence electrons. The summed E-state index contributed by atoms with van der Waals surface area (Å²) in [6.45, 7) is 1.80. The fraction of sp³-hybridized carbons (Fsp3) is 0.318. The predicted octanol–water partition coefficient (Wildman–Crippen LogP) is 4.14. The summed E-state index contributed by atoms with van der Waals surface area (Å²) < 4.78 is 67.6. The van der Waals surface area contributed by atoms with Crippen molar-refractivity contribution in [3.8, 4) is 0 Å². The molecule has 0 saturated heterocycles. The van der Waals surface area contributed by atoms with Gasteiger partial charge in [0, 0.05) is 17.3 Å². The van der Waals surface area contributed by atoms with Crippen LogP contribution in [0.3, 0.4) is 0 Å². The maximum Gasteiger partial charge on any atom is 0.433 e. The summed E-state index contributed by atoms with van der Waals surface area (Å²) >= 11 is 0. The molecule has 4 rings (SSSR count). The third-order valence-electron chi connectivity index (χ3n) is 5.57. The number of hydrogen-bond acceptors (Lipinski definition) is 5. The number of pyridine rings is 2. The second-order valence-electron chi connectivity index (χ2n) is 7.78. The lowest BCUT2D eigenvalue weighted by Gasteiger charge is -2.20. The Kier molecular flexibility index (Phi) is 5.44. The van der Waals surface area contributed by atoms with Gasteiger partial charge in [-0.3, -0.25) is 9.78 Å². The lowest BCUT2D eigenvalue weighted by Crippen LogP contribution is -2.39. The van der Waals surface area contributed by atoms with E-state index in [1.54, 1.807) is 25.1 Å². The second kappa shape index (κ2) is 7.84. The number of halogens is 3. The summed E-state index contributed by atoms with van der Waals surface area (Å²) in [7, 11) is -4.23. The van der Waals surface area contributed by atoms with Gasteiger partial charge in [-0.05, 0) is 55.2 Å². The van der Waals surface area contributed by atoms with Crippen LogP contribution in [0.15, 0.2) is 53.6 Å². The summed E-state index contributed by atoms with van der Waals surface area (Å²) in [5, 5.41) is 0.364. The first-order valence-electron chi connectivity index (χ1n) is 10.1. The summed E-state index contributed by atoms with van der Waals surface area (Å²) in [5.41, 5.74) is -1.27. The number of rotatable bonds is 6. The molecule has 0 atom stereocenters. The van der Waals surface area contributed by atoms with E-state index in [0.29, 0.717) is 35.7 Å². The lowest BCUT2D eigenvalue weighted by molar-refractivity contribution is -0.141. The fourth-order valence-corrected chi connectivity index (χ4v) is 5.12. The van der Waals surface area contributed by atoms with Gasteiger partial charge in [0.1, 0.15) is 5.69 Å². The van der Waals surface area contributed by atoms with Gasteiger partial charge in [0.25, 0.3) is 10.0 Å². The predicted molar refractivity (Wildman–Crippen MR) is 111 cm³/mol. The van der Waals surface area contributed by atoms with Crippen LogP contribution in [0, 0.1) is 0 Å². The highest BCUT2D eigenvalue weighted by molar-refractivity contribution is 7.90. The summed E-state index contributed by atoms with van der Waals surface area (Å²) in [4.78, 5) is 20.9. The Morgan fingerprint density at radius 1 is 1.12 bits per heavy atom. The van der Waals surface area contributed by atoms with Gasteiger partial charge in [-0.2, -0.15) is 13.2 Å². The molecular weight excluding hydrogens is 443 g/mol. The molecule has 32 heavy (non-hydrogen) atoms. The number of alkyl halides is 3. The minimum absolute atomic E-state index is 0.0911. The maximum absolute atomic E-state index is 13.1. The lowest BCUT2D eigenvalue weighted by atomic mass is 9.91. The zero-order chi connectivity index (χ0) is 23.1. The molecule has 1 N–H and O–H groups in total. The number of nitrogens with one attached hydrogen (secondary N) is 1. The van der Waals surface area contributed by atoms with Crippen LogP contribution in [0.1, 0.15) is 43.1 Å². The molecule has 0 spiro atoms. The number of benzene rings is 1. The highest BCUT2D eigenvalue weighted by Crippen LogP contribution is 2.50. The van der Waals surface area contributed by atoms with Crippen molar-refractivity contribution < 1.29 is 26.4 Å². The molecule has 1 amide bonds. The van der Waals surface area contributed by atoms with E-state index in [0.717, 1.165) is 6.07 Å². The van der Waals surface area contributed by atoms with E-state index in [2.05, 4.69) is 14.7 Å². The van der Waals surface area contributed by atoms with Gasteiger partial charge in [0.15, 0.2) is 0 Å². The van der Waals surface area contributed by atoms with Crippen LogP contribution >= 0.6 is 0 Å². The van der Waals surface area contributed by atoms with E-state index in [-0.39, 0.29) is 17.0 Å². The number of aryl methyl sites for hydroxylation is 1. The Morgan fingerprint density at radius 3 is 2.53 bits per heavy atom. The first-order valence-corrected chi connectivity index (χ1v) is 11.6. The molecular formula is C22H20F3N3O3S. The maximum atomic E-state index is 13.1. The first-order chi connectivity index (χ1) is 15.1. The molecule has 1 aromatic carbocycles. The Morgan fingerprint density at radius 2 is 1.88 bits per heavy atom. The minimum Gasteiger partial charge on any atom is -0.273 e. The van der Waals surface area contributed by atoms with E-state index in [1.165, 1.54) is 24.4 Å². The number of amides is 1. The molecule has 0 unspecified atom stereocenters. The average molecular weight is 463 g/mol. The standard InChI is InChI=1S/C22H20F3N3O3S/c1-2-5-17-15(9-10-19(27-17)22(23,24)25)21(11-12-21)20(29)28-32(30,31)18-8-3-7-16-14(18)6-4-13-26-16/h3-4,6-10,13H,2,5,11-12H2,1H3,(H,28,29). The van der Waals surface area contributed by atoms with Gasteiger partial charge in [-0.25, -0.2) is 18.1 Å². The largest absolute Gasteiger partial charge is 0.433 e. The first kappa shape index (κ1) is 22.2. The van der Waals surface area contributed by atoms with Crippen molar-refractivity contribution in [2.24, 2.45) is 0 Å². The van der Waals surface area contributed by atoms with Crippen molar-refractivity contribution in [1.82, 2.24) is 14.7 Å². The van der Waals surface area contributed by atoms with E-state index in [9.17, 15) is 26.4 Å². The number of carbonyl (C=O) groups excluding carboxylic acids is 1. The van der Waals surface area contributed by atoms with E-state index < -0.39 is 33.2 Å². The van der Waals surface area contributed by atoms with Gasteiger partial charge >= 0.3 is 6.18 Å². The molecule has 1 saturated carbocycles. The molecule has 2 heterocycles. The molecule has 1 aliphatic rings. The number of nitrogens with zero attached hydrogens (tertiary/aromatic N) is 2. The summed E-state index contributed by atoms with van der Waals surface area (Å²) in [6.07, 6.45) is -1.64. The van der Waals surface area contributed by atoms with Crippen LogP contribution in [0.25, 0.3) is 10.9 Å². The number of sulfonamides is 1. The molecule has 0 radical (unpaired) electrons. The molecule has 3 aromatic rings. The number of carbonyl (C=O) groups is 1. The third-order valence-corrected chi connectivity index (χ3v) is 6.96.